The van der Waals surface area contributed by atoms with Crippen molar-refractivity contribution in [2.24, 2.45) is 0 Å². The van der Waals surface area contributed by atoms with Crippen molar-refractivity contribution in [1.82, 2.24) is 0 Å². The summed E-state index contributed by atoms with van der Waals surface area (Å²) in [5, 5.41) is 0. The van der Waals surface area contributed by atoms with E-state index in [9.17, 15) is 0 Å². The van der Waals surface area contributed by atoms with E-state index in [1.165, 1.54) is 5.56 Å². The average molecular weight is 338 g/mol. The van der Waals surface area contributed by atoms with Gasteiger partial charge in [-0.05, 0) is 0 Å². The molecular formula is C7H5Br2Y-. The molecule has 1 aromatic rings. The molecule has 10 heavy (non-hydrogen) atoms. The van der Waals surface area contributed by atoms with E-state index < -0.39 is 0 Å². The number of halogens is 2. The van der Waals surface area contributed by atoms with Gasteiger partial charge < -0.3 is 0 Å². The summed E-state index contributed by atoms with van der Waals surface area (Å²) in [5.74, 6) is 0. The van der Waals surface area contributed by atoms with E-state index in [-0.39, 0.29) is 32.7 Å². The molecule has 0 N–H and O–H groups in total. The van der Waals surface area contributed by atoms with E-state index in [1.54, 1.807) is 0 Å². The van der Waals surface area contributed by atoms with Crippen LogP contribution in [-0.4, -0.2) is 0 Å². The van der Waals surface area contributed by atoms with Crippen molar-refractivity contribution in [2.45, 2.75) is 6.92 Å². The topological polar surface area (TPSA) is 0 Å². The molecule has 0 nitrogen and oxygen atoms in total. The fraction of sp³-hybridized carbons (Fsp3) is 0.143. The van der Waals surface area contributed by atoms with Gasteiger partial charge in [0.05, 0.1) is 0 Å². The molecule has 0 bridgehead atoms. The van der Waals surface area contributed by atoms with Gasteiger partial charge in [-0.1, -0.05) is 15.9 Å². The van der Waals surface area contributed by atoms with Crippen molar-refractivity contribution < 1.29 is 32.7 Å². The summed E-state index contributed by atoms with van der Waals surface area (Å²) in [6.45, 7) is 2.04. The van der Waals surface area contributed by atoms with Gasteiger partial charge in [-0.25, -0.2) is 0 Å². The van der Waals surface area contributed by atoms with E-state index in [2.05, 4.69) is 37.9 Å². The van der Waals surface area contributed by atoms with Crippen LogP contribution in [0.2, 0.25) is 0 Å². The Morgan fingerprint density at radius 1 is 1.20 bits per heavy atom. The summed E-state index contributed by atoms with van der Waals surface area (Å²) in [6.07, 6.45) is 0. The van der Waals surface area contributed by atoms with E-state index >= 15 is 0 Å². The zero-order chi connectivity index (χ0) is 6.85. The smallest absolute Gasteiger partial charge is 0 e. The van der Waals surface area contributed by atoms with Crippen LogP contribution in [0.25, 0.3) is 0 Å². The zero-order valence-electron chi connectivity index (χ0n) is 5.49. The molecular weight excluding hydrogens is 333 g/mol. The monoisotopic (exact) mass is 336 g/mol. The van der Waals surface area contributed by atoms with Crippen LogP contribution in [-0.2, 0) is 32.7 Å². The second-order valence-corrected chi connectivity index (χ2v) is 3.48. The second-order valence-electron chi connectivity index (χ2n) is 1.78. The molecule has 1 radical (unpaired) electrons. The SMILES string of the molecule is Cc1c(Br)c[c-]cc1Br.[Y]. The van der Waals surface area contributed by atoms with Gasteiger partial charge in [0.15, 0.2) is 0 Å². The third-order valence-corrected chi connectivity index (χ3v) is 2.78. The number of hydrogen-bond donors (Lipinski definition) is 0. The third-order valence-electron chi connectivity index (χ3n) is 1.14. The number of rotatable bonds is 0. The van der Waals surface area contributed by atoms with Crippen LogP contribution in [0.5, 0.6) is 0 Å². The van der Waals surface area contributed by atoms with Crippen molar-refractivity contribution in [3.05, 3.63) is 32.7 Å². The minimum Gasteiger partial charge on any atom is -0.182 e. The maximum atomic E-state index is 3.38. The molecule has 0 saturated heterocycles. The van der Waals surface area contributed by atoms with Gasteiger partial charge in [0.25, 0.3) is 0 Å². The fourth-order valence-electron chi connectivity index (χ4n) is 0.519. The molecule has 0 fully saturated rings. The van der Waals surface area contributed by atoms with Gasteiger partial charge in [0.1, 0.15) is 0 Å². The first-order valence-corrected chi connectivity index (χ1v) is 4.12. The second kappa shape index (κ2) is 5.02. The molecule has 0 spiro atoms. The minimum atomic E-state index is 0. The van der Waals surface area contributed by atoms with Crippen LogP contribution in [0.1, 0.15) is 5.56 Å². The predicted molar refractivity (Wildman–Crippen MR) is 45.4 cm³/mol. The van der Waals surface area contributed by atoms with Crippen LogP contribution in [0.3, 0.4) is 0 Å². The van der Waals surface area contributed by atoms with Crippen LogP contribution < -0.4 is 0 Å². The molecule has 1 rings (SSSR count). The van der Waals surface area contributed by atoms with Crippen molar-refractivity contribution in [3.63, 3.8) is 0 Å². The van der Waals surface area contributed by atoms with Gasteiger partial charge in [0.2, 0.25) is 0 Å². The molecule has 1 aromatic carbocycles. The molecule has 0 aromatic heterocycles. The molecule has 0 atom stereocenters. The Bertz CT molecular complexity index is 203. The van der Waals surface area contributed by atoms with Crippen molar-refractivity contribution >= 4 is 31.9 Å². The largest absolute Gasteiger partial charge is 0.182 e. The Morgan fingerprint density at radius 2 is 1.60 bits per heavy atom. The van der Waals surface area contributed by atoms with Crippen LogP contribution >= 0.6 is 31.9 Å². The summed E-state index contributed by atoms with van der Waals surface area (Å²) in [6, 6.07) is 6.78. The molecule has 0 amide bonds. The Balaban J connectivity index is 0.000000810. The van der Waals surface area contributed by atoms with Crippen molar-refractivity contribution in [1.29, 1.82) is 0 Å². The Morgan fingerprint density at radius 3 is 1.90 bits per heavy atom. The first kappa shape index (κ1) is 11.3. The first-order chi connectivity index (χ1) is 4.22. The molecule has 0 aliphatic heterocycles. The molecule has 0 heterocycles. The van der Waals surface area contributed by atoms with Crippen LogP contribution in [0.4, 0.5) is 0 Å². The third kappa shape index (κ3) is 2.73. The normalized spacial score (nSPS) is 8.70. The van der Waals surface area contributed by atoms with Crippen molar-refractivity contribution in [3.8, 4) is 0 Å². The minimum absolute atomic E-state index is 0. The molecule has 0 aliphatic carbocycles. The maximum Gasteiger partial charge on any atom is 0 e. The summed E-state index contributed by atoms with van der Waals surface area (Å²) < 4.78 is 2.19. The fourth-order valence-corrected chi connectivity index (χ4v) is 1.48. The Hall–Kier alpha value is 1.28. The van der Waals surface area contributed by atoms with E-state index in [0.717, 1.165) is 8.95 Å². The predicted octanol–water partition coefficient (Wildman–Crippen LogP) is 3.32. The molecule has 0 aliphatic rings. The van der Waals surface area contributed by atoms with Crippen LogP contribution in [0, 0.1) is 13.0 Å². The van der Waals surface area contributed by atoms with Gasteiger partial charge >= 0.3 is 0 Å². The van der Waals surface area contributed by atoms with E-state index in [0.29, 0.717) is 0 Å². The Labute approximate surface area is 103 Å². The summed E-state index contributed by atoms with van der Waals surface area (Å²) in [5.41, 5.74) is 1.22. The van der Waals surface area contributed by atoms with Gasteiger partial charge in [-0.15, -0.1) is 37.4 Å². The van der Waals surface area contributed by atoms with Gasteiger partial charge in [-0.2, -0.15) is 18.2 Å². The van der Waals surface area contributed by atoms with E-state index in [4.69, 9.17) is 0 Å². The summed E-state index contributed by atoms with van der Waals surface area (Å²) >= 11 is 6.77. The van der Waals surface area contributed by atoms with Crippen molar-refractivity contribution in [2.75, 3.05) is 0 Å². The maximum absolute atomic E-state index is 3.38. The molecule has 0 saturated carbocycles. The number of benzene rings is 1. The van der Waals surface area contributed by atoms with Gasteiger partial charge in [-0.3, -0.25) is 0 Å². The molecule has 0 unspecified atom stereocenters. The molecule has 51 valence electrons. The van der Waals surface area contributed by atoms with Gasteiger partial charge in [0, 0.05) is 32.7 Å². The quantitative estimate of drug-likeness (QED) is 0.637. The van der Waals surface area contributed by atoms with Crippen LogP contribution in [0.15, 0.2) is 21.1 Å². The summed E-state index contributed by atoms with van der Waals surface area (Å²) in [4.78, 5) is 0. The first-order valence-electron chi connectivity index (χ1n) is 2.53. The average Bonchev–Trinajstić information content (AvgIpc) is 1.83. The Kier molecular flexibility index (Phi) is 5.67. The zero-order valence-corrected chi connectivity index (χ0v) is 11.5. The standard InChI is InChI=1S/C7H5Br2.Y/c1-5-6(8)3-2-4-7(5)9;/h3-4H,1H3;/q-1;. The summed E-state index contributed by atoms with van der Waals surface area (Å²) in [7, 11) is 0. The molecule has 3 heteroatoms. The van der Waals surface area contributed by atoms with E-state index in [1.807, 2.05) is 19.1 Å². The number of hydrogen-bond acceptors (Lipinski definition) is 0.